The number of nitrogens with one attached hydrogen (secondary N) is 1. The van der Waals surface area contributed by atoms with Crippen LogP contribution in [0.25, 0.3) is 0 Å². The summed E-state index contributed by atoms with van der Waals surface area (Å²) in [6.45, 7) is 1.86. The van der Waals surface area contributed by atoms with Gasteiger partial charge in [-0.2, -0.15) is 0 Å². The van der Waals surface area contributed by atoms with Crippen molar-refractivity contribution in [2.75, 3.05) is 18.5 Å². The van der Waals surface area contributed by atoms with Gasteiger partial charge in [-0.05, 0) is 6.42 Å². The van der Waals surface area contributed by atoms with Crippen LogP contribution in [0.5, 0.6) is 5.75 Å². The quantitative estimate of drug-likeness (QED) is 0.567. The summed E-state index contributed by atoms with van der Waals surface area (Å²) in [6, 6.07) is 3.90. The number of nitro groups is 1. The smallest absolute Gasteiger partial charge is 0.275 e. The van der Waals surface area contributed by atoms with Gasteiger partial charge in [-0.3, -0.25) is 10.1 Å². The number of hydrogen-bond donors (Lipinski definition) is 2. The zero-order valence-corrected chi connectivity index (χ0v) is 10.9. The highest BCUT2D eigenvalue weighted by atomic mass is 19.3. The van der Waals surface area contributed by atoms with Crippen LogP contribution in [-0.4, -0.2) is 35.7 Å². The van der Waals surface area contributed by atoms with Crippen LogP contribution in [0.4, 0.5) is 20.2 Å². The number of hydrogen-bond acceptors (Lipinski definition) is 5. The number of aliphatic hydroxyl groups is 1. The minimum atomic E-state index is -2.88. The van der Waals surface area contributed by atoms with E-state index in [1.807, 2.05) is 6.92 Å². The monoisotopic (exact) mass is 290 g/mol. The van der Waals surface area contributed by atoms with Gasteiger partial charge in [-0.25, -0.2) is 8.78 Å². The molecule has 2 N–H and O–H groups in total. The number of aliphatic hydroxyl groups excluding tert-OH is 1. The standard InChI is InChI=1S/C12H16F2N2O4/c1-2-3-20-10-5-8(4-9(6-10)16(18)19)15-7-11(17)12(13)14/h4-6,11-12,15,17H,2-3,7H2,1H3. The Hall–Kier alpha value is -1.96. The lowest BCUT2D eigenvalue weighted by molar-refractivity contribution is -0.384. The molecular weight excluding hydrogens is 274 g/mol. The Kier molecular flexibility index (Phi) is 6.10. The summed E-state index contributed by atoms with van der Waals surface area (Å²) >= 11 is 0. The van der Waals surface area contributed by atoms with Crippen LogP contribution < -0.4 is 10.1 Å². The van der Waals surface area contributed by atoms with Gasteiger partial charge >= 0.3 is 0 Å². The van der Waals surface area contributed by atoms with E-state index >= 15 is 0 Å². The largest absolute Gasteiger partial charge is 0.493 e. The lowest BCUT2D eigenvalue weighted by Gasteiger charge is -2.13. The molecule has 0 spiro atoms. The summed E-state index contributed by atoms with van der Waals surface area (Å²) in [5.74, 6) is 0.273. The van der Waals surface area contributed by atoms with Crippen molar-refractivity contribution in [3.63, 3.8) is 0 Å². The molecule has 112 valence electrons. The van der Waals surface area contributed by atoms with Gasteiger partial charge in [-0.1, -0.05) is 6.92 Å². The first-order valence-corrected chi connectivity index (χ1v) is 6.06. The van der Waals surface area contributed by atoms with E-state index in [1.165, 1.54) is 18.2 Å². The molecule has 0 aliphatic rings. The summed E-state index contributed by atoms with van der Waals surface area (Å²) in [5.41, 5.74) is 0.0256. The number of nitrogens with zero attached hydrogens (tertiary/aromatic N) is 1. The molecule has 1 unspecified atom stereocenters. The van der Waals surface area contributed by atoms with Crippen molar-refractivity contribution in [2.24, 2.45) is 0 Å². The molecule has 0 bridgehead atoms. The van der Waals surface area contributed by atoms with Crippen LogP contribution in [0.1, 0.15) is 13.3 Å². The number of ether oxygens (including phenoxy) is 1. The molecule has 8 heteroatoms. The first-order valence-electron chi connectivity index (χ1n) is 6.06. The van der Waals surface area contributed by atoms with E-state index in [4.69, 9.17) is 9.84 Å². The predicted molar refractivity (Wildman–Crippen MR) is 69.4 cm³/mol. The maximum Gasteiger partial charge on any atom is 0.275 e. The number of nitro benzene ring substituents is 1. The van der Waals surface area contributed by atoms with E-state index in [0.717, 1.165) is 6.42 Å². The van der Waals surface area contributed by atoms with Crippen molar-refractivity contribution >= 4 is 11.4 Å². The van der Waals surface area contributed by atoms with Crippen LogP contribution in [0.2, 0.25) is 0 Å². The number of halogens is 2. The normalized spacial score (nSPS) is 12.2. The summed E-state index contributed by atoms with van der Waals surface area (Å²) in [5, 5.41) is 22.3. The van der Waals surface area contributed by atoms with Crippen molar-refractivity contribution in [1.29, 1.82) is 0 Å². The summed E-state index contributed by atoms with van der Waals surface area (Å²) in [7, 11) is 0. The van der Waals surface area contributed by atoms with Crippen molar-refractivity contribution in [3.05, 3.63) is 28.3 Å². The highest BCUT2D eigenvalue weighted by Gasteiger charge is 2.17. The van der Waals surface area contributed by atoms with Gasteiger partial charge in [0.1, 0.15) is 11.9 Å². The van der Waals surface area contributed by atoms with Crippen molar-refractivity contribution in [2.45, 2.75) is 25.9 Å². The van der Waals surface area contributed by atoms with Crippen LogP contribution in [0.15, 0.2) is 18.2 Å². The molecular formula is C12H16F2N2O4. The number of non-ortho nitro benzene ring substituents is 1. The minimum Gasteiger partial charge on any atom is -0.493 e. The Morgan fingerprint density at radius 3 is 2.70 bits per heavy atom. The van der Waals surface area contributed by atoms with E-state index in [2.05, 4.69) is 5.32 Å². The molecule has 1 aromatic carbocycles. The maximum absolute atomic E-state index is 12.2. The first-order chi connectivity index (χ1) is 9.43. The third-order valence-corrected chi connectivity index (χ3v) is 2.38. The fraction of sp³-hybridized carbons (Fsp3) is 0.500. The highest BCUT2D eigenvalue weighted by molar-refractivity contribution is 5.56. The number of anilines is 1. The Morgan fingerprint density at radius 1 is 1.45 bits per heavy atom. The fourth-order valence-corrected chi connectivity index (χ4v) is 1.41. The first kappa shape index (κ1) is 16.1. The van der Waals surface area contributed by atoms with Crippen molar-refractivity contribution in [1.82, 2.24) is 0 Å². The zero-order valence-electron chi connectivity index (χ0n) is 10.9. The van der Waals surface area contributed by atoms with Crippen LogP contribution in [-0.2, 0) is 0 Å². The van der Waals surface area contributed by atoms with E-state index in [1.54, 1.807) is 0 Å². The van der Waals surface area contributed by atoms with Gasteiger partial charge in [0.25, 0.3) is 12.1 Å². The molecule has 0 saturated carbocycles. The zero-order chi connectivity index (χ0) is 15.1. The third-order valence-electron chi connectivity index (χ3n) is 2.38. The van der Waals surface area contributed by atoms with Gasteiger partial charge < -0.3 is 15.2 Å². The topological polar surface area (TPSA) is 84.6 Å². The predicted octanol–water partition coefficient (Wildman–Crippen LogP) is 2.42. The van der Waals surface area contributed by atoms with E-state index in [-0.39, 0.29) is 17.1 Å². The molecule has 0 heterocycles. The fourth-order valence-electron chi connectivity index (χ4n) is 1.41. The molecule has 0 fully saturated rings. The average Bonchev–Trinajstić information content (AvgIpc) is 2.42. The minimum absolute atomic E-state index is 0.215. The number of benzene rings is 1. The molecule has 6 nitrogen and oxygen atoms in total. The number of rotatable bonds is 8. The van der Waals surface area contributed by atoms with Crippen molar-refractivity contribution in [3.8, 4) is 5.75 Å². The second-order valence-corrected chi connectivity index (χ2v) is 4.10. The maximum atomic E-state index is 12.2. The Labute approximate surface area is 114 Å². The molecule has 0 saturated heterocycles. The molecule has 1 aromatic rings. The van der Waals surface area contributed by atoms with E-state index < -0.39 is 24.0 Å². The molecule has 0 radical (unpaired) electrons. The van der Waals surface area contributed by atoms with E-state index in [9.17, 15) is 18.9 Å². The highest BCUT2D eigenvalue weighted by Crippen LogP contribution is 2.26. The molecule has 1 rings (SSSR count). The Balaban J connectivity index is 2.82. The van der Waals surface area contributed by atoms with Gasteiger partial charge in [0.05, 0.1) is 17.6 Å². The Morgan fingerprint density at radius 2 is 2.15 bits per heavy atom. The second-order valence-electron chi connectivity index (χ2n) is 4.10. The SMILES string of the molecule is CCCOc1cc(NCC(O)C(F)F)cc([N+](=O)[O-])c1. The third kappa shape index (κ3) is 4.96. The Bertz CT molecular complexity index is 457. The molecule has 0 aliphatic carbocycles. The lowest BCUT2D eigenvalue weighted by Crippen LogP contribution is -2.26. The van der Waals surface area contributed by atoms with Gasteiger partial charge in [0.15, 0.2) is 0 Å². The summed E-state index contributed by atoms with van der Waals surface area (Å²) in [6.07, 6.45) is -3.98. The lowest BCUT2D eigenvalue weighted by atomic mass is 10.2. The van der Waals surface area contributed by atoms with Crippen LogP contribution in [0.3, 0.4) is 0 Å². The summed E-state index contributed by atoms with van der Waals surface area (Å²) < 4.78 is 29.6. The van der Waals surface area contributed by atoms with E-state index in [0.29, 0.717) is 6.61 Å². The number of alkyl halides is 2. The molecule has 1 atom stereocenters. The molecule has 0 amide bonds. The molecule has 0 aromatic heterocycles. The van der Waals surface area contributed by atoms with Gasteiger partial charge in [0.2, 0.25) is 0 Å². The average molecular weight is 290 g/mol. The second kappa shape index (κ2) is 7.59. The van der Waals surface area contributed by atoms with Gasteiger partial charge in [-0.15, -0.1) is 0 Å². The molecule has 20 heavy (non-hydrogen) atoms. The van der Waals surface area contributed by atoms with Crippen molar-refractivity contribution < 1.29 is 23.5 Å². The van der Waals surface area contributed by atoms with Crippen LogP contribution in [0, 0.1) is 10.1 Å². The van der Waals surface area contributed by atoms with Crippen LogP contribution >= 0.6 is 0 Å². The molecule has 0 aliphatic heterocycles. The van der Waals surface area contributed by atoms with Gasteiger partial charge in [0, 0.05) is 24.4 Å². The summed E-state index contributed by atoms with van der Waals surface area (Å²) in [4.78, 5) is 10.2.